The van der Waals surface area contributed by atoms with E-state index in [1.54, 1.807) is 13.0 Å². The van der Waals surface area contributed by atoms with Gasteiger partial charge in [0.15, 0.2) is 0 Å². The van der Waals surface area contributed by atoms with Crippen LogP contribution in [0.3, 0.4) is 0 Å². The summed E-state index contributed by atoms with van der Waals surface area (Å²) in [4.78, 5) is 12.6. The minimum Gasteiger partial charge on any atom is -0.466 e. The van der Waals surface area contributed by atoms with Crippen molar-refractivity contribution in [2.24, 2.45) is 0 Å². The summed E-state index contributed by atoms with van der Waals surface area (Å²) in [5.41, 5.74) is 1.42. The van der Waals surface area contributed by atoms with E-state index >= 15 is 0 Å². The number of hydrogen-bond acceptors (Lipinski definition) is 5. The van der Waals surface area contributed by atoms with E-state index in [-0.39, 0.29) is 5.97 Å². The molecule has 0 saturated carbocycles. The number of carbonyl (C=O) groups excluding carboxylic acids is 1. The van der Waals surface area contributed by atoms with Gasteiger partial charge < -0.3 is 4.74 Å². The number of ether oxygens (including phenoxy) is 1. The molecule has 6 nitrogen and oxygen atoms in total. The van der Waals surface area contributed by atoms with E-state index in [9.17, 15) is 4.79 Å². The average molecular weight is 258 g/mol. The SMILES string of the molecule is COC(=O)C(C)=CCn1nnc(-c2ccccc2)n1. The first-order chi connectivity index (χ1) is 9.20. The number of tetrazole rings is 1. The highest BCUT2D eigenvalue weighted by Gasteiger charge is 2.06. The Morgan fingerprint density at radius 1 is 1.37 bits per heavy atom. The number of hydrogen-bond donors (Lipinski definition) is 0. The molecule has 0 spiro atoms. The smallest absolute Gasteiger partial charge is 0.333 e. The van der Waals surface area contributed by atoms with E-state index in [2.05, 4.69) is 20.1 Å². The second-order valence-corrected chi connectivity index (χ2v) is 3.91. The zero-order valence-electron chi connectivity index (χ0n) is 10.8. The van der Waals surface area contributed by atoms with Crippen LogP contribution in [0.4, 0.5) is 0 Å². The molecule has 0 aliphatic heterocycles. The quantitative estimate of drug-likeness (QED) is 0.613. The molecule has 19 heavy (non-hydrogen) atoms. The minimum absolute atomic E-state index is 0.358. The summed E-state index contributed by atoms with van der Waals surface area (Å²) in [6.07, 6.45) is 1.70. The third-order valence-electron chi connectivity index (χ3n) is 2.55. The van der Waals surface area contributed by atoms with Crippen molar-refractivity contribution >= 4 is 5.97 Å². The lowest BCUT2D eigenvalue weighted by Gasteiger charge is -1.97. The van der Waals surface area contributed by atoms with Crippen molar-refractivity contribution < 1.29 is 9.53 Å². The van der Waals surface area contributed by atoms with Crippen molar-refractivity contribution in [1.82, 2.24) is 20.2 Å². The normalized spacial score (nSPS) is 11.4. The largest absolute Gasteiger partial charge is 0.466 e. The highest BCUT2D eigenvalue weighted by molar-refractivity contribution is 5.87. The second kappa shape index (κ2) is 5.90. The van der Waals surface area contributed by atoms with Crippen LogP contribution in [0.2, 0.25) is 0 Å². The molecular formula is C13H14N4O2. The van der Waals surface area contributed by atoms with Gasteiger partial charge in [0.1, 0.15) is 0 Å². The van der Waals surface area contributed by atoms with Gasteiger partial charge in [-0.3, -0.25) is 0 Å². The van der Waals surface area contributed by atoms with Gasteiger partial charge in [-0.25, -0.2) is 4.79 Å². The van der Waals surface area contributed by atoms with Crippen LogP contribution in [0.15, 0.2) is 42.0 Å². The Hall–Kier alpha value is -2.50. The molecule has 0 N–H and O–H groups in total. The molecule has 1 heterocycles. The predicted molar refractivity (Wildman–Crippen MR) is 69.0 cm³/mol. The van der Waals surface area contributed by atoms with Crippen molar-refractivity contribution in [3.8, 4) is 11.4 Å². The zero-order chi connectivity index (χ0) is 13.7. The van der Waals surface area contributed by atoms with Gasteiger partial charge in [0.05, 0.1) is 13.7 Å². The van der Waals surface area contributed by atoms with Crippen molar-refractivity contribution in [1.29, 1.82) is 0 Å². The first kappa shape index (κ1) is 12.9. The van der Waals surface area contributed by atoms with Crippen LogP contribution in [0, 0.1) is 0 Å². The summed E-state index contributed by atoms with van der Waals surface area (Å²) in [6, 6.07) is 9.58. The molecule has 0 atom stereocenters. The molecule has 0 saturated heterocycles. The van der Waals surface area contributed by atoms with Gasteiger partial charge in [-0.2, -0.15) is 4.80 Å². The number of benzene rings is 1. The number of methoxy groups -OCH3 is 1. The highest BCUT2D eigenvalue weighted by Crippen LogP contribution is 2.11. The predicted octanol–water partition coefficient (Wildman–Crippen LogP) is 1.46. The molecule has 1 aromatic heterocycles. The molecular weight excluding hydrogens is 244 g/mol. The summed E-state index contributed by atoms with van der Waals surface area (Å²) in [7, 11) is 1.35. The lowest BCUT2D eigenvalue weighted by Crippen LogP contribution is -2.05. The molecule has 6 heteroatoms. The molecule has 0 bridgehead atoms. The maximum absolute atomic E-state index is 11.2. The Morgan fingerprint density at radius 2 is 2.11 bits per heavy atom. The Bertz CT molecular complexity index is 590. The lowest BCUT2D eigenvalue weighted by atomic mass is 10.2. The average Bonchev–Trinajstić information content (AvgIpc) is 2.93. The zero-order valence-corrected chi connectivity index (χ0v) is 10.8. The van der Waals surface area contributed by atoms with E-state index in [4.69, 9.17) is 0 Å². The Balaban J connectivity index is 2.08. The summed E-state index contributed by atoms with van der Waals surface area (Å²) in [5, 5.41) is 12.1. The Labute approximate surface area is 110 Å². The molecule has 0 amide bonds. The number of allylic oxidation sites excluding steroid dienone is 1. The molecule has 0 unspecified atom stereocenters. The van der Waals surface area contributed by atoms with Gasteiger partial charge in [-0.05, 0) is 12.1 Å². The molecule has 1 aromatic carbocycles. The van der Waals surface area contributed by atoms with Crippen LogP contribution in [-0.4, -0.2) is 33.3 Å². The third kappa shape index (κ3) is 3.25. The van der Waals surface area contributed by atoms with Gasteiger partial charge in [0.2, 0.25) is 5.82 Å². The van der Waals surface area contributed by atoms with Gasteiger partial charge in [0, 0.05) is 11.1 Å². The first-order valence-corrected chi connectivity index (χ1v) is 5.79. The maximum atomic E-state index is 11.2. The topological polar surface area (TPSA) is 69.9 Å². The fraction of sp³-hybridized carbons (Fsp3) is 0.231. The maximum Gasteiger partial charge on any atom is 0.333 e. The van der Waals surface area contributed by atoms with Crippen LogP contribution < -0.4 is 0 Å². The molecule has 2 aromatic rings. The number of aromatic nitrogens is 4. The number of rotatable bonds is 4. The van der Waals surface area contributed by atoms with Crippen LogP contribution in [0.5, 0.6) is 0 Å². The van der Waals surface area contributed by atoms with Crippen molar-refractivity contribution in [3.05, 3.63) is 42.0 Å². The van der Waals surface area contributed by atoms with E-state index in [1.807, 2.05) is 30.3 Å². The molecule has 0 aliphatic rings. The molecule has 0 radical (unpaired) electrons. The molecule has 2 rings (SSSR count). The fourth-order valence-electron chi connectivity index (χ4n) is 1.49. The third-order valence-corrected chi connectivity index (χ3v) is 2.55. The Morgan fingerprint density at radius 3 is 2.79 bits per heavy atom. The van der Waals surface area contributed by atoms with E-state index < -0.39 is 0 Å². The van der Waals surface area contributed by atoms with Crippen LogP contribution in [-0.2, 0) is 16.1 Å². The van der Waals surface area contributed by atoms with Gasteiger partial charge in [0.25, 0.3) is 0 Å². The molecule has 98 valence electrons. The van der Waals surface area contributed by atoms with E-state index in [1.165, 1.54) is 11.9 Å². The van der Waals surface area contributed by atoms with Crippen molar-refractivity contribution in [2.45, 2.75) is 13.5 Å². The molecule has 0 fully saturated rings. The highest BCUT2D eigenvalue weighted by atomic mass is 16.5. The van der Waals surface area contributed by atoms with Crippen molar-refractivity contribution in [2.75, 3.05) is 7.11 Å². The van der Waals surface area contributed by atoms with Crippen LogP contribution >= 0.6 is 0 Å². The number of esters is 1. The fourth-order valence-corrected chi connectivity index (χ4v) is 1.49. The van der Waals surface area contributed by atoms with Gasteiger partial charge >= 0.3 is 5.97 Å². The van der Waals surface area contributed by atoms with Gasteiger partial charge in [-0.15, -0.1) is 10.2 Å². The van der Waals surface area contributed by atoms with E-state index in [0.29, 0.717) is 17.9 Å². The number of carbonyl (C=O) groups is 1. The first-order valence-electron chi connectivity index (χ1n) is 5.79. The van der Waals surface area contributed by atoms with Gasteiger partial charge in [-0.1, -0.05) is 36.4 Å². The summed E-state index contributed by atoms with van der Waals surface area (Å²) in [6.45, 7) is 2.06. The summed E-state index contributed by atoms with van der Waals surface area (Å²) in [5.74, 6) is 0.202. The standard InChI is InChI=1S/C13H14N4O2/c1-10(13(18)19-2)8-9-17-15-12(14-16-17)11-6-4-3-5-7-11/h3-8H,9H2,1-2H3. The summed E-state index contributed by atoms with van der Waals surface area (Å²) >= 11 is 0. The second-order valence-electron chi connectivity index (χ2n) is 3.91. The van der Waals surface area contributed by atoms with E-state index in [0.717, 1.165) is 5.56 Å². The van der Waals surface area contributed by atoms with Crippen LogP contribution in [0.1, 0.15) is 6.92 Å². The Kier molecular flexibility index (Phi) is 4.02. The minimum atomic E-state index is -0.358. The number of nitrogens with zero attached hydrogens (tertiary/aromatic N) is 4. The van der Waals surface area contributed by atoms with Crippen molar-refractivity contribution in [3.63, 3.8) is 0 Å². The summed E-state index contributed by atoms with van der Waals surface area (Å²) < 4.78 is 4.60. The lowest BCUT2D eigenvalue weighted by molar-refractivity contribution is -0.136. The van der Waals surface area contributed by atoms with Crippen LogP contribution in [0.25, 0.3) is 11.4 Å². The monoisotopic (exact) mass is 258 g/mol. The molecule has 0 aliphatic carbocycles.